The molecular weight excluding hydrogens is 641 g/mol. The second-order valence-corrected chi connectivity index (χ2v) is 12.1. The molecule has 0 bridgehead atoms. The van der Waals surface area contributed by atoms with Crippen LogP contribution in [0.1, 0.15) is 65.8 Å². The molecular formula is C33H34Cl2F6N2O2. The number of alkyl halides is 6. The summed E-state index contributed by atoms with van der Waals surface area (Å²) >= 11 is 12.5. The van der Waals surface area contributed by atoms with Gasteiger partial charge in [0.1, 0.15) is 7.11 Å². The summed E-state index contributed by atoms with van der Waals surface area (Å²) < 4.78 is 80.2. The van der Waals surface area contributed by atoms with E-state index in [4.69, 9.17) is 28.0 Å². The number of oxime groups is 1. The summed E-state index contributed by atoms with van der Waals surface area (Å²) in [6.45, 7) is 1.96. The van der Waals surface area contributed by atoms with Crippen molar-refractivity contribution in [3.63, 3.8) is 0 Å². The maximum Gasteiger partial charge on any atom is 0.416 e. The predicted octanol–water partition coefficient (Wildman–Crippen LogP) is 9.51. The number of aliphatic hydroxyl groups is 1. The Balaban J connectivity index is 1.50. The molecule has 0 saturated carbocycles. The summed E-state index contributed by atoms with van der Waals surface area (Å²) in [5, 5.41) is 16.2. The first kappa shape index (κ1) is 35.1. The molecule has 1 fully saturated rings. The molecule has 4 nitrogen and oxygen atoms in total. The highest BCUT2D eigenvalue weighted by Crippen LogP contribution is 2.38. The second-order valence-electron chi connectivity index (χ2n) is 11.3. The van der Waals surface area contributed by atoms with Gasteiger partial charge in [0.05, 0.1) is 32.5 Å². The molecule has 1 aliphatic rings. The molecule has 0 spiro atoms. The summed E-state index contributed by atoms with van der Waals surface area (Å²) in [7, 11) is 1.38. The van der Waals surface area contributed by atoms with Gasteiger partial charge in [-0.05, 0) is 92.1 Å². The molecule has 244 valence electrons. The van der Waals surface area contributed by atoms with Gasteiger partial charge in [-0.1, -0.05) is 64.8 Å². The monoisotopic (exact) mass is 674 g/mol. The van der Waals surface area contributed by atoms with Crippen molar-refractivity contribution in [1.29, 1.82) is 0 Å². The molecule has 1 unspecified atom stereocenters. The maximum atomic E-state index is 13.4. The Morgan fingerprint density at radius 1 is 0.911 bits per heavy atom. The SMILES string of the molecule is CO/N=C(\CCCc1cc(C(F)(F)F)cc(C(F)(F)F)c1)C(CCN1CCC(O)(c2ccccc2)CC1)c1ccc(Cl)c(Cl)c1. The van der Waals surface area contributed by atoms with Crippen LogP contribution in [0.3, 0.4) is 0 Å². The van der Waals surface area contributed by atoms with E-state index in [1.165, 1.54) is 7.11 Å². The van der Waals surface area contributed by atoms with Crippen LogP contribution in [0.15, 0.2) is 71.9 Å². The van der Waals surface area contributed by atoms with Gasteiger partial charge in [-0.15, -0.1) is 0 Å². The Hall–Kier alpha value is -2.79. The molecule has 1 heterocycles. The Morgan fingerprint density at radius 2 is 1.53 bits per heavy atom. The highest BCUT2D eigenvalue weighted by molar-refractivity contribution is 6.42. The van der Waals surface area contributed by atoms with Crippen LogP contribution in [0.4, 0.5) is 26.3 Å². The van der Waals surface area contributed by atoms with Crippen molar-refractivity contribution in [3.8, 4) is 0 Å². The lowest BCUT2D eigenvalue weighted by molar-refractivity contribution is -0.143. The van der Waals surface area contributed by atoms with Gasteiger partial charge in [-0.2, -0.15) is 26.3 Å². The molecule has 0 aromatic heterocycles. The fourth-order valence-electron chi connectivity index (χ4n) is 5.79. The molecule has 4 rings (SSSR count). The molecule has 12 heteroatoms. The largest absolute Gasteiger partial charge is 0.416 e. The molecule has 3 aromatic carbocycles. The third-order valence-electron chi connectivity index (χ3n) is 8.23. The first-order valence-corrected chi connectivity index (χ1v) is 15.3. The van der Waals surface area contributed by atoms with Crippen LogP contribution in [0.25, 0.3) is 0 Å². The minimum Gasteiger partial charge on any atom is -0.399 e. The minimum absolute atomic E-state index is 0.0337. The average Bonchev–Trinajstić information content (AvgIpc) is 2.99. The standard InChI is InChI=1S/C33H34Cl2F6N2O2/c1-45-42-30(9-5-6-22-18-25(32(36,37)38)21-26(19-22)33(39,40)41)27(23-10-11-28(34)29(35)20-23)12-15-43-16-13-31(44,14-17-43)24-7-3-2-4-8-24/h2-4,7-8,10-11,18-21,27,44H,5-6,9,12-17H2,1H3/b42-30+. The molecule has 0 radical (unpaired) electrons. The summed E-state index contributed by atoms with van der Waals surface area (Å²) in [6, 6.07) is 16.4. The van der Waals surface area contributed by atoms with Gasteiger partial charge in [-0.3, -0.25) is 0 Å². The van der Waals surface area contributed by atoms with E-state index in [0.717, 1.165) is 23.3 Å². The van der Waals surface area contributed by atoms with E-state index in [0.29, 0.717) is 54.7 Å². The number of piperidine rings is 1. The van der Waals surface area contributed by atoms with E-state index in [-0.39, 0.29) is 36.8 Å². The van der Waals surface area contributed by atoms with Crippen LogP contribution >= 0.6 is 23.2 Å². The molecule has 1 N–H and O–H groups in total. The van der Waals surface area contributed by atoms with E-state index in [2.05, 4.69) is 10.1 Å². The Bertz CT molecular complexity index is 1420. The van der Waals surface area contributed by atoms with E-state index in [9.17, 15) is 31.4 Å². The quantitative estimate of drug-likeness (QED) is 0.125. The van der Waals surface area contributed by atoms with Crippen molar-refractivity contribution in [3.05, 3.63) is 105 Å². The number of hydrogen-bond donors (Lipinski definition) is 1. The maximum absolute atomic E-state index is 13.4. The van der Waals surface area contributed by atoms with Crippen LogP contribution in [-0.2, 0) is 29.2 Å². The lowest BCUT2D eigenvalue weighted by Crippen LogP contribution is -2.43. The minimum atomic E-state index is -4.91. The highest BCUT2D eigenvalue weighted by atomic mass is 35.5. The lowest BCUT2D eigenvalue weighted by atomic mass is 9.84. The van der Waals surface area contributed by atoms with Crippen LogP contribution in [0, 0.1) is 0 Å². The van der Waals surface area contributed by atoms with Crippen molar-refractivity contribution in [1.82, 2.24) is 4.90 Å². The third kappa shape index (κ3) is 9.37. The molecule has 0 amide bonds. The number of halogens is 8. The van der Waals surface area contributed by atoms with Crippen LogP contribution in [-0.4, -0.2) is 42.5 Å². The first-order chi connectivity index (χ1) is 21.2. The van der Waals surface area contributed by atoms with Gasteiger partial charge < -0.3 is 14.8 Å². The summed E-state index contributed by atoms with van der Waals surface area (Å²) in [5.74, 6) is -0.318. The molecule has 3 aromatic rings. The zero-order valence-corrected chi connectivity index (χ0v) is 26.1. The summed E-state index contributed by atoms with van der Waals surface area (Å²) in [5.41, 5.74) is -1.39. The van der Waals surface area contributed by atoms with E-state index in [1.807, 2.05) is 36.4 Å². The van der Waals surface area contributed by atoms with Crippen molar-refractivity contribution in [2.24, 2.45) is 5.16 Å². The Morgan fingerprint density at radius 3 is 2.09 bits per heavy atom. The van der Waals surface area contributed by atoms with Crippen LogP contribution < -0.4 is 0 Å². The zero-order chi connectivity index (χ0) is 32.8. The number of likely N-dealkylation sites (tertiary alicyclic amines) is 1. The van der Waals surface area contributed by atoms with E-state index < -0.39 is 29.1 Å². The van der Waals surface area contributed by atoms with Gasteiger partial charge in [-0.25, -0.2) is 0 Å². The molecule has 45 heavy (non-hydrogen) atoms. The number of nitrogens with zero attached hydrogens (tertiary/aromatic N) is 2. The number of rotatable bonds is 11. The third-order valence-corrected chi connectivity index (χ3v) is 8.97. The van der Waals surface area contributed by atoms with E-state index >= 15 is 0 Å². The van der Waals surface area contributed by atoms with E-state index in [1.54, 1.807) is 12.1 Å². The summed E-state index contributed by atoms with van der Waals surface area (Å²) in [4.78, 5) is 7.39. The van der Waals surface area contributed by atoms with Gasteiger partial charge in [0.25, 0.3) is 0 Å². The molecule has 1 aliphatic heterocycles. The van der Waals surface area contributed by atoms with Gasteiger partial charge in [0, 0.05) is 19.0 Å². The normalized spacial score (nSPS) is 16.9. The smallest absolute Gasteiger partial charge is 0.399 e. The Labute approximate surface area is 268 Å². The fourth-order valence-corrected chi connectivity index (χ4v) is 6.09. The summed E-state index contributed by atoms with van der Waals surface area (Å²) in [6.07, 6.45) is -7.68. The number of benzene rings is 3. The lowest BCUT2D eigenvalue weighted by Gasteiger charge is -2.39. The topological polar surface area (TPSA) is 45.1 Å². The van der Waals surface area contributed by atoms with Gasteiger partial charge in [0.15, 0.2) is 0 Å². The molecule has 1 atom stereocenters. The molecule has 1 saturated heterocycles. The molecule has 0 aliphatic carbocycles. The highest BCUT2D eigenvalue weighted by Gasteiger charge is 2.37. The van der Waals surface area contributed by atoms with Gasteiger partial charge in [0.2, 0.25) is 0 Å². The fraction of sp³-hybridized carbons (Fsp3) is 0.424. The Kier molecular flexibility index (Phi) is 11.5. The first-order valence-electron chi connectivity index (χ1n) is 14.5. The number of hydrogen-bond acceptors (Lipinski definition) is 4. The van der Waals surface area contributed by atoms with Crippen molar-refractivity contribution < 1.29 is 36.3 Å². The second kappa shape index (κ2) is 14.8. The van der Waals surface area contributed by atoms with Crippen LogP contribution in [0.5, 0.6) is 0 Å². The zero-order valence-electron chi connectivity index (χ0n) is 24.6. The van der Waals surface area contributed by atoms with Crippen LogP contribution in [0.2, 0.25) is 10.0 Å². The predicted molar refractivity (Wildman–Crippen MR) is 164 cm³/mol. The van der Waals surface area contributed by atoms with Crippen molar-refractivity contribution >= 4 is 28.9 Å². The van der Waals surface area contributed by atoms with Crippen molar-refractivity contribution in [2.75, 3.05) is 26.7 Å². The van der Waals surface area contributed by atoms with Gasteiger partial charge >= 0.3 is 12.4 Å². The number of aryl methyl sites for hydroxylation is 1. The average molecular weight is 676 g/mol. The van der Waals surface area contributed by atoms with Crippen molar-refractivity contribution in [2.45, 2.75) is 62.4 Å².